The van der Waals surface area contributed by atoms with E-state index in [1.165, 1.54) is 0 Å². The van der Waals surface area contributed by atoms with Gasteiger partial charge in [0.25, 0.3) is 0 Å². The van der Waals surface area contributed by atoms with E-state index in [0.29, 0.717) is 54.0 Å². The summed E-state index contributed by atoms with van der Waals surface area (Å²) in [5, 5.41) is 14.5. The molecule has 2 rings (SSSR count). The lowest BCUT2D eigenvalue weighted by atomic mass is 10.2. The topological polar surface area (TPSA) is 92.6 Å². The highest BCUT2D eigenvalue weighted by atomic mass is 16.5. The second-order valence-corrected chi connectivity index (χ2v) is 5.34. The Morgan fingerprint density at radius 3 is 2.11 bits per heavy atom. The Balaban J connectivity index is 2.26. The predicted octanol–water partition coefficient (Wildman–Crippen LogP) is 4.40. The van der Waals surface area contributed by atoms with Crippen LogP contribution in [0.2, 0.25) is 0 Å². The molecule has 0 radical (unpaired) electrons. The number of nitriles is 1. The minimum Gasteiger partial charge on any atom is -0.490 e. The van der Waals surface area contributed by atoms with Gasteiger partial charge in [-0.1, -0.05) is 12.1 Å². The summed E-state index contributed by atoms with van der Waals surface area (Å²) in [5.74, 6) is 1.47. The number of para-hydroxylation sites is 1. The number of carbonyl (C=O) groups is 1. The van der Waals surface area contributed by atoms with Crippen LogP contribution in [0.1, 0.15) is 26.3 Å². The summed E-state index contributed by atoms with van der Waals surface area (Å²) in [6, 6.07) is 11.7. The van der Waals surface area contributed by atoms with E-state index in [1.54, 1.807) is 36.4 Å². The third-order valence-corrected chi connectivity index (χ3v) is 3.46. The van der Waals surface area contributed by atoms with Gasteiger partial charge < -0.3 is 24.8 Å². The molecule has 2 amide bonds. The van der Waals surface area contributed by atoms with Crippen LogP contribution in [0.3, 0.4) is 0 Å². The molecule has 2 aromatic rings. The normalized spacial score (nSPS) is 9.85. The first-order chi connectivity index (χ1) is 13.1. The van der Waals surface area contributed by atoms with Crippen molar-refractivity contribution in [2.45, 2.75) is 20.8 Å². The number of nitrogens with one attached hydrogen (secondary N) is 2. The van der Waals surface area contributed by atoms with Crippen LogP contribution in [0, 0.1) is 11.3 Å². The summed E-state index contributed by atoms with van der Waals surface area (Å²) < 4.78 is 16.9. The van der Waals surface area contributed by atoms with Crippen molar-refractivity contribution in [3.63, 3.8) is 0 Å². The maximum Gasteiger partial charge on any atom is 0.323 e. The monoisotopic (exact) mass is 369 g/mol. The number of hydrogen-bond donors (Lipinski definition) is 2. The van der Waals surface area contributed by atoms with Gasteiger partial charge in [0.2, 0.25) is 5.75 Å². The van der Waals surface area contributed by atoms with Crippen molar-refractivity contribution in [3.8, 4) is 23.3 Å². The van der Waals surface area contributed by atoms with Gasteiger partial charge in [-0.3, -0.25) is 0 Å². The Kier molecular flexibility index (Phi) is 7.32. The molecule has 0 heterocycles. The summed E-state index contributed by atoms with van der Waals surface area (Å²) in [4.78, 5) is 12.4. The Morgan fingerprint density at radius 1 is 0.963 bits per heavy atom. The average molecular weight is 369 g/mol. The summed E-state index contributed by atoms with van der Waals surface area (Å²) in [6.07, 6.45) is 0. The average Bonchev–Trinajstić information content (AvgIpc) is 2.65. The molecule has 0 saturated heterocycles. The molecule has 0 aliphatic heterocycles. The fraction of sp³-hybridized carbons (Fsp3) is 0.300. The van der Waals surface area contributed by atoms with E-state index < -0.39 is 6.03 Å². The van der Waals surface area contributed by atoms with Crippen LogP contribution in [0.5, 0.6) is 17.2 Å². The summed E-state index contributed by atoms with van der Waals surface area (Å²) in [6.45, 7) is 6.94. The van der Waals surface area contributed by atoms with Crippen molar-refractivity contribution < 1.29 is 19.0 Å². The van der Waals surface area contributed by atoms with Crippen LogP contribution in [-0.2, 0) is 0 Å². The molecule has 2 N–H and O–H groups in total. The van der Waals surface area contributed by atoms with Crippen LogP contribution in [0.25, 0.3) is 0 Å². The quantitative estimate of drug-likeness (QED) is 0.719. The zero-order chi connectivity index (χ0) is 19.6. The first-order valence-electron chi connectivity index (χ1n) is 8.76. The van der Waals surface area contributed by atoms with Gasteiger partial charge in [0, 0.05) is 12.1 Å². The summed E-state index contributed by atoms with van der Waals surface area (Å²) in [7, 11) is 0. The van der Waals surface area contributed by atoms with Crippen molar-refractivity contribution in [1.82, 2.24) is 0 Å². The lowest BCUT2D eigenvalue weighted by molar-refractivity contribution is 0.260. The minimum atomic E-state index is -0.480. The van der Waals surface area contributed by atoms with E-state index in [9.17, 15) is 4.79 Å². The van der Waals surface area contributed by atoms with Crippen LogP contribution in [0.15, 0.2) is 36.4 Å². The molecule has 0 spiro atoms. The fourth-order valence-corrected chi connectivity index (χ4v) is 2.44. The number of nitrogens with zero attached hydrogens (tertiary/aromatic N) is 1. The van der Waals surface area contributed by atoms with Gasteiger partial charge in [0.1, 0.15) is 6.07 Å². The Labute approximate surface area is 158 Å². The maximum absolute atomic E-state index is 12.4. The van der Waals surface area contributed by atoms with Gasteiger partial charge in [-0.05, 0) is 32.9 Å². The summed E-state index contributed by atoms with van der Waals surface area (Å²) >= 11 is 0. The summed E-state index contributed by atoms with van der Waals surface area (Å²) in [5.41, 5.74) is 1.29. The van der Waals surface area contributed by atoms with Crippen LogP contribution >= 0.6 is 0 Å². The molecular weight excluding hydrogens is 346 g/mol. The Bertz CT molecular complexity index is 803. The molecule has 0 aromatic heterocycles. The maximum atomic E-state index is 12.4. The van der Waals surface area contributed by atoms with Crippen molar-refractivity contribution in [1.29, 1.82) is 5.26 Å². The fourth-order valence-electron chi connectivity index (χ4n) is 2.44. The van der Waals surface area contributed by atoms with E-state index in [2.05, 4.69) is 10.6 Å². The molecule has 0 aliphatic carbocycles. The third kappa shape index (κ3) is 5.28. The van der Waals surface area contributed by atoms with Crippen molar-refractivity contribution in [2.24, 2.45) is 0 Å². The molecular formula is C20H23N3O4. The number of benzene rings is 2. The van der Waals surface area contributed by atoms with Gasteiger partial charge in [-0.15, -0.1) is 0 Å². The van der Waals surface area contributed by atoms with E-state index >= 15 is 0 Å². The number of rotatable bonds is 8. The van der Waals surface area contributed by atoms with Gasteiger partial charge in [0.15, 0.2) is 11.5 Å². The number of amides is 2. The molecule has 7 heteroatoms. The van der Waals surface area contributed by atoms with E-state index in [4.69, 9.17) is 19.5 Å². The predicted molar refractivity (Wildman–Crippen MR) is 104 cm³/mol. The number of anilines is 2. The molecule has 27 heavy (non-hydrogen) atoms. The molecule has 0 saturated carbocycles. The van der Waals surface area contributed by atoms with Crippen molar-refractivity contribution >= 4 is 17.4 Å². The number of hydrogen-bond acceptors (Lipinski definition) is 5. The molecule has 0 fully saturated rings. The minimum absolute atomic E-state index is 0.379. The highest BCUT2D eigenvalue weighted by Gasteiger charge is 2.16. The van der Waals surface area contributed by atoms with Crippen LogP contribution in [0.4, 0.5) is 16.2 Å². The SMILES string of the molecule is CCOc1cc(NC(=O)Nc2ccccc2C#N)cc(OCC)c1OCC. The molecule has 0 aliphatic rings. The van der Waals surface area contributed by atoms with Crippen LogP contribution in [-0.4, -0.2) is 25.9 Å². The van der Waals surface area contributed by atoms with Gasteiger partial charge in [-0.2, -0.15) is 5.26 Å². The first kappa shape index (κ1) is 19.9. The zero-order valence-electron chi connectivity index (χ0n) is 15.7. The van der Waals surface area contributed by atoms with Gasteiger partial charge in [0.05, 0.1) is 36.8 Å². The lowest BCUT2D eigenvalue weighted by Gasteiger charge is -2.17. The molecule has 0 bridgehead atoms. The van der Waals surface area contributed by atoms with E-state index in [1.807, 2.05) is 26.8 Å². The smallest absolute Gasteiger partial charge is 0.323 e. The van der Waals surface area contributed by atoms with Gasteiger partial charge >= 0.3 is 6.03 Å². The molecule has 2 aromatic carbocycles. The Morgan fingerprint density at radius 2 is 1.56 bits per heavy atom. The van der Waals surface area contributed by atoms with Gasteiger partial charge in [-0.25, -0.2) is 4.79 Å². The van der Waals surface area contributed by atoms with Crippen molar-refractivity contribution in [3.05, 3.63) is 42.0 Å². The first-order valence-corrected chi connectivity index (χ1v) is 8.76. The molecule has 7 nitrogen and oxygen atoms in total. The largest absolute Gasteiger partial charge is 0.490 e. The molecule has 0 atom stereocenters. The van der Waals surface area contributed by atoms with E-state index in [-0.39, 0.29) is 0 Å². The Hall–Kier alpha value is -3.40. The highest BCUT2D eigenvalue weighted by molar-refractivity contribution is 6.00. The number of carbonyl (C=O) groups excluding carboxylic acids is 1. The standard InChI is InChI=1S/C20H23N3O4/c1-4-25-17-11-15(12-18(26-5-2)19(17)27-6-3)22-20(24)23-16-10-8-7-9-14(16)13-21/h7-12H,4-6H2,1-3H3,(H2,22,23,24). The molecule has 0 unspecified atom stereocenters. The highest BCUT2D eigenvalue weighted by Crippen LogP contribution is 2.40. The lowest BCUT2D eigenvalue weighted by Crippen LogP contribution is -2.20. The van der Waals surface area contributed by atoms with E-state index in [0.717, 1.165) is 0 Å². The number of ether oxygens (including phenoxy) is 3. The van der Waals surface area contributed by atoms with Crippen molar-refractivity contribution in [2.75, 3.05) is 30.5 Å². The second kappa shape index (κ2) is 9.92. The van der Waals surface area contributed by atoms with Crippen LogP contribution < -0.4 is 24.8 Å². The third-order valence-electron chi connectivity index (χ3n) is 3.46. The second-order valence-electron chi connectivity index (χ2n) is 5.34. The molecule has 142 valence electrons. The zero-order valence-corrected chi connectivity index (χ0v) is 15.7. The number of urea groups is 1.